The molecule has 2 aromatic carbocycles. The molecule has 0 aliphatic rings. The SMILES string of the molecule is COc1ccccc1[C@H](C(=O)O)c1ccccc1. The van der Waals surface area contributed by atoms with Gasteiger partial charge in [0, 0.05) is 5.56 Å². The fourth-order valence-electron chi connectivity index (χ4n) is 2.01. The van der Waals surface area contributed by atoms with Crippen LogP contribution in [0.25, 0.3) is 0 Å². The summed E-state index contributed by atoms with van der Waals surface area (Å²) in [4.78, 5) is 11.5. The van der Waals surface area contributed by atoms with Crippen molar-refractivity contribution < 1.29 is 14.6 Å². The molecule has 0 saturated heterocycles. The molecule has 2 rings (SSSR count). The first-order chi connectivity index (χ1) is 8.74. The molecule has 2 aromatic rings. The van der Waals surface area contributed by atoms with Crippen LogP contribution in [0.2, 0.25) is 0 Å². The minimum atomic E-state index is -0.884. The van der Waals surface area contributed by atoms with Crippen LogP contribution in [-0.2, 0) is 4.79 Å². The van der Waals surface area contributed by atoms with Crippen LogP contribution in [-0.4, -0.2) is 18.2 Å². The van der Waals surface area contributed by atoms with Gasteiger partial charge in [-0.1, -0.05) is 48.5 Å². The lowest BCUT2D eigenvalue weighted by Gasteiger charge is -2.16. The summed E-state index contributed by atoms with van der Waals surface area (Å²) in [6.07, 6.45) is 0. The first-order valence-electron chi connectivity index (χ1n) is 5.64. The normalized spacial score (nSPS) is 11.8. The average molecular weight is 242 g/mol. The predicted molar refractivity (Wildman–Crippen MR) is 68.9 cm³/mol. The van der Waals surface area contributed by atoms with Crippen molar-refractivity contribution in [3.63, 3.8) is 0 Å². The number of carboxylic acid groups (broad SMARTS) is 1. The Balaban J connectivity index is 2.52. The monoisotopic (exact) mass is 242 g/mol. The highest BCUT2D eigenvalue weighted by atomic mass is 16.5. The summed E-state index contributed by atoms with van der Waals surface area (Å²) < 4.78 is 5.23. The smallest absolute Gasteiger partial charge is 0.315 e. The fourth-order valence-corrected chi connectivity index (χ4v) is 2.01. The van der Waals surface area contributed by atoms with Crippen molar-refractivity contribution in [2.45, 2.75) is 5.92 Å². The maximum atomic E-state index is 11.5. The second-order valence-corrected chi connectivity index (χ2v) is 3.92. The van der Waals surface area contributed by atoms with Gasteiger partial charge in [0.05, 0.1) is 7.11 Å². The number of carbonyl (C=O) groups is 1. The highest BCUT2D eigenvalue weighted by Crippen LogP contribution is 2.31. The van der Waals surface area contributed by atoms with E-state index in [-0.39, 0.29) is 0 Å². The van der Waals surface area contributed by atoms with Crippen molar-refractivity contribution in [1.82, 2.24) is 0 Å². The molecule has 0 amide bonds. The minimum Gasteiger partial charge on any atom is -0.496 e. The molecule has 0 fully saturated rings. The third kappa shape index (κ3) is 2.35. The van der Waals surface area contributed by atoms with Gasteiger partial charge in [-0.2, -0.15) is 0 Å². The number of methoxy groups -OCH3 is 1. The molecule has 0 aliphatic heterocycles. The molecule has 0 spiro atoms. The van der Waals surface area contributed by atoms with Crippen molar-refractivity contribution in [1.29, 1.82) is 0 Å². The number of carboxylic acids is 1. The lowest BCUT2D eigenvalue weighted by molar-refractivity contribution is -0.137. The summed E-state index contributed by atoms with van der Waals surface area (Å²) in [5, 5.41) is 9.44. The first kappa shape index (κ1) is 12.2. The molecular weight excluding hydrogens is 228 g/mol. The fraction of sp³-hybridized carbons (Fsp3) is 0.133. The molecule has 3 nitrogen and oxygen atoms in total. The predicted octanol–water partition coefficient (Wildman–Crippen LogP) is 2.91. The van der Waals surface area contributed by atoms with E-state index in [2.05, 4.69) is 0 Å². The molecule has 0 aliphatic carbocycles. The quantitative estimate of drug-likeness (QED) is 0.896. The van der Waals surface area contributed by atoms with Gasteiger partial charge >= 0.3 is 5.97 Å². The lowest BCUT2D eigenvalue weighted by Crippen LogP contribution is -2.14. The van der Waals surface area contributed by atoms with Crippen LogP contribution >= 0.6 is 0 Å². The van der Waals surface area contributed by atoms with Crippen molar-refractivity contribution in [3.8, 4) is 5.75 Å². The topological polar surface area (TPSA) is 46.5 Å². The molecule has 0 radical (unpaired) electrons. The molecule has 0 bridgehead atoms. The molecule has 1 atom stereocenters. The third-order valence-electron chi connectivity index (χ3n) is 2.83. The van der Waals surface area contributed by atoms with Crippen LogP contribution in [0.15, 0.2) is 54.6 Å². The summed E-state index contributed by atoms with van der Waals surface area (Å²) in [5.41, 5.74) is 1.41. The van der Waals surface area contributed by atoms with Crippen LogP contribution in [0.1, 0.15) is 17.0 Å². The number of hydrogen-bond donors (Lipinski definition) is 1. The maximum Gasteiger partial charge on any atom is 0.315 e. The standard InChI is InChI=1S/C15H14O3/c1-18-13-10-6-5-9-12(13)14(15(16)17)11-7-3-2-4-8-11/h2-10,14H,1H3,(H,16,17)/t14-/m1/s1. The van der Waals surface area contributed by atoms with Crippen molar-refractivity contribution in [3.05, 3.63) is 65.7 Å². The highest BCUT2D eigenvalue weighted by molar-refractivity contribution is 5.81. The van der Waals surface area contributed by atoms with Gasteiger partial charge in [-0.15, -0.1) is 0 Å². The van der Waals surface area contributed by atoms with Gasteiger partial charge in [-0.05, 0) is 11.6 Å². The number of para-hydroxylation sites is 1. The summed E-state index contributed by atoms with van der Waals surface area (Å²) in [5.74, 6) is -0.998. The van der Waals surface area contributed by atoms with Crippen molar-refractivity contribution in [2.75, 3.05) is 7.11 Å². The molecule has 1 N–H and O–H groups in total. The van der Waals surface area contributed by atoms with Crippen LogP contribution < -0.4 is 4.74 Å². The third-order valence-corrected chi connectivity index (χ3v) is 2.83. The van der Waals surface area contributed by atoms with Crippen LogP contribution in [0.4, 0.5) is 0 Å². The van der Waals surface area contributed by atoms with E-state index in [1.807, 2.05) is 42.5 Å². The second-order valence-electron chi connectivity index (χ2n) is 3.92. The van der Waals surface area contributed by atoms with Crippen LogP contribution in [0.3, 0.4) is 0 Å². The van der Waals surface area contributed by atoms with Gasteiger partial charge in [0.25, 0.3) is 0 Å². The van der Waals surface area contributed by atoms with E-state index in [1.54, 1.807) is 19.2 Å². The van der Waals surface area contributed by atoms with Gasteiger partial charge in [-0.3, -0.25) is 4.79 Å². The van der Waals surface area contributed by atoms with E-state index in [0.717, 1.165) is 5.56 Å². The zero-order chi connectivity index (χ0) is 13.0. The Morgan fingerprint density at radius 3 is 2.28 bits per heavy atom. The molecule has 18 heavy (non-hydrogen) atoms. The molecule has 3 heteroatoms. The summed E-state index contributed by atoms with van der Waals surface area (Å²) in [6.45, 7) is 0. The van der Waals surface area contributed by atoms with E-state index in [0.29, 0.717) is 11.3 Å². The maximum absolute atomic E-state index is 11.5. The van der Waals surface area contributed by atoms with E-state index in [1.165, 1.54) is 0 Å². The average Bonchev–Trinajstić information content (AvgIpc) is 2.40. The molecule has 0 saturated carbocycles. The molecule has 0 aromatic heterocycles. The van der Waals surface area contributed by atoms with E-state index >= 15 is 0 Å². The Bertz CT molecular complexity index is 534. The first-order valence-corrected chi connectivity index (χ1v) is 5.64. The minimum absolute atomic E-state index is 0.591. The molecule has 0 unspecified atom stereocenters. The van der Waals surface area contributed by atoms with Gasteiger partial charge in [-0.25, -0.2) is 0 Å². The molecule has 92 valence electrons. The van der Waals surface area contributed by atoms with Gasteiger partial charge in [0.2, 0.25) is 0 Å². The van der Waals surface area contributed by atoms with Gasteiger partial charge in [0.1, 0.15) is 11.7 Å². The largest absolute Gasteiger partial charge is 0.496 e. The highest BCUT2D eigenvalue weighted by Gasteiger charge is 2.24. The Kier molecular flexibility index (Phi) is 3.63. The summed E-state index contributed by atoms with van der Waals surface area (Å²) in [7, 11) is 1.54. The molecule has 0 heterocycles. The van der Waals surface area contributed by atoms with Gasteiger partial charge in [0.15, 0.2) is 0 Å². The zero-order valence-electron chi connectivity index (χ0n) is 10.0. The van der Waals surface area contributed by atoms with E-state index in [9.17, 15) is 9.90 Å². The van der Waals surface area contributed by atoms with E-state index in [4.69, 9.17) is 4.74 Å². The van der Waals surface area contributed by atoms with Crippen LogP contribution in [0, 0.1) is 0 Å². The Morgan fingerprint density at radius 1 is 1.06 bits per heavy atom. The Labute approximate surface area is 106 Å². The summed E-state index contributed by atoms with van der Waals surface area (Å²) >= 11 is 0. The second kappa shape index (κ2) is 5.36. The number of benzene rings is 2. The van der Waals surface area contributed by atoms with E-state index < -0.39 is 11.9 Å². The zero-order valence-corrected chi connectivity index (χ0v) is 10.0. The lowest BCUT2D eigenvalue weighted by atomic mass is 9.91. The van der Waals surface area contributed by atoms with Crippen LogP contribution in [0.5, 0.6) is 5.75 Å². The Morgan fingerprint density at radius 2 is 1.67 bits per heavy atom. The number of ether oxygens (including phenoxy) is 1. The number of rotatable bonds is 4. The van der Waals surface area contributed by atoms with Crippen molar-refractivity contribution in [2.24, 2.45) is 0 Å². The van der Waals surface area contributed by atoms with Gasteiger partial charge < -0.3 is 9.84 Å². The molecular formula is C15H14O3. The number of aliphatic carboxylic acids is 1. The number of hydrogen-bond acceptors (Lipinski definition) is 2. The summed E-state index contributed by atoms with van der Waals surface area (Å²) in [6, 6.07) is 16.4. The Hall–Kier alpha value is -2.29. The van der Waals surface area contributed by atoms with Crippen molar-refractivity contribution >= 4 is 5.97 Å².